The Morgan fingerprint density at radius 3 is 2.35 bits per heavy atom. The highest BCUT2D eigenvalue weighted by Crippen LogP contribution is 2.30. The molecule has 0 radical (unpaired) electrons. The third-order valence-corrected chi connectivity index (χ3v) is 6.41. The molecule has 37 heavy (non-hydrogen) atoms. The van der Waals surface area contributed by atoms with Crippen LogP contribution in [0.3, 0.4) is 0 Å². The van der Waals surface area contributed by atoms with Gasteiger partial charge in [-0.3, -0.25) is 10.1 Å². The number of hydrazone groups is 1. The van der Waals surface area contributed by atoms with Crippen LogP contribution in [0.2, 0.25) is 10.0 Å². The molecular formula is C25H22Cl2N6O3S. The zero-order valence-electron chi connectivity index (χ0n) is 27.8. The quantitative estimate of drug-likeness (QED) is 0.365. The Balaban J connectivity index is 2.05. The van der Waals surface area contributed by atoms with Crippen molar-refractivity contribution in [3.63, 3.8) is 0 Å². The molecule has 1 aliphatic heterocycles. The second kappa shape index (κ2) is 11.1. The average molecular weight is 567 g/mol. The number of hydrogen-bond donors (Lipinski definition) is 2. The lowest BCUT2D eigenvalue weighted by Gasteiger charge is -2.16. The third kappa shape index (κ3) is 6.53. The van der Waals surface area contributed by atoms with E-state index >= 15 is 0 Å². The first-order valence-corrected chi connectivity index (χ1v) is 12.5. The highest BCUT2D eigenvalue weighted by atomic mass is 35.5. The molecule has 0 bridgehead atoms. The lowest BCUT2D eigenvalue weighted by Crippen LogP contribution is -2.37. The lowest BCUT2D eigenvalue weighted by atomic mass is 9.91. The normalized spacial score (nSPS) is 19.9. The van der Waals surface area contributed by atoms with Gasteiger partial charge in [0.05, 0.1) is 29.5 Å². The smallest absolute Gasteiger partial charge is 0.285 e. The Hall–Kier alpha value is -3.73. The van der Waals surface area contributed by atoms with Crippen molar-refractivity contribution in [3.8, 4) is 0 Å². The number of hydrogen-bond acceptors (Lipinski definition) is 4. The molecule has 1 atom stereocenters. The number of nitrogens with two attached hydrogens (primary N) is 1. The maximum atomic E-state index is 13.3. The van der Waals surface area contributed by atoms with Crippen LogP contribution < -0.4 is 11.1 Å². The summed E-state index contributed by atoms with van der Waals surface area (Å²) in [5.41, 5.74) is 4.67. The highest BCUT2D eigenvalue weighted by molar-refractivity contribution is 7.90. The minimum atomic E-state index is -4.59. The number of nitrogens with zero attached hydrogens (tertiary/aromatic N) is 4. The molecule has 190 valence electrons. The summed E-state index contributed by atoms with van der Waals surface area (Å²) < 4.78 is 105. The zero-order chi connectivity index (χ0) is 34.4. The maximum absolute atomic E-state index is 13.3. The van der Waals surface area contributed by atoms with Crippen LogP contribution in [0.25, 0.3) is 0 Å². The second-order valence-corrected chi connectivity index (χ2v) is 9.76. The van der Waals surface area contributed by atoms with Gasteiger partial charge in [-0.05, 0) is 47.5 Å². The van der Waals surface area contributed by atoms with E-state index in [2.05, 4.69) is 19.8 Å². The van der Waals surface area contributed by atoms with Crippen LogP contribution in [0, 0.1) is 0 Å². The van der Waals surface area contributed by atoms with Gasteiger partial charge in [0.25, 0.3) is 16.0 Å². The van der Waals surface area contributed by atoms with Gasteiger partial charge in [0, 0.05) is 22.9 Å². The first-order valence-electron chi connectivity index (χ1n) is 14.8. The monoisotopic (exact) mass is 565 g/mol. The molecule has 1 heterocycles. The van der Waals surface area contributed by atoms with Gasteiger partial charge in [-0.2, -0.15) is 18.5 Å². The van der Waals surface area contributed by atoms with E-state index in [0.29, 0.717) is 0 Å². The van der Waals surface area contributed by atoms with Gasteiger partial charge in [-0.25, -0.2) is 5.01 Å². The Labute approximate surface area is 237 Å². The second-order valence-electron chi connectivity index (χ2n) is 7.35. The summed E-state index contributed by atoms with van der Waals surface area (Å²) in [6.07, 6.45) is 0. The summed E-state index contributed by atoms with van der Waals surface area (Å²) in [6, 6.07) is -1.18. The molecule has 3 N–H and O–H groups in total. The van der Waals surface area contributed by atoms with Gasteiger partial charge in [0.15, 0.2) is 0 Å². The zero-order valence-corrected chi connectivity index (χ0v) is 21.2. The number of benzene rings is 3. The van der Waals surface area contributed by atoms with Crippen molar-refractivity contribution < 1.29 is 25.5 Å². The van der Waals surface area contributed by atoms with Crippen LogP contribution in [0.15, 0.2) is 98.0 Å². The van der Waals surface area contributed by atoms with Crippen LogP contribution in [0.4, 0.5) is 0 Å². The van der Waals surface area contributed by atoms with Gasteiger partial charge >= 0.3 is 0 Å². The first-order chi connectivity index (χ1) is 21.4. The molecule has 9 nitrogen and oxygen atoms in total. The molecule has 3 aromatic carbocycles. The van der Waals surface area contributed by atoms with Crippen molar-refractivity contribution in [2.75, 3.05) is 6.54 Å². The summed E-state index contributed by atoms with van der Waals surface area (Å²) in [5.74, 6) is -3.45. The number of aliphatic imine (C=N–C) groups is 1. The van der Waals surface area contributed by atoms with Crippen LogP contribution in [-0.2, 0) is 14.8 Å². The molecule has 1 aliphatic rings. The number of sulfonamides is 1. The van der Waals surface area contributed by atoms with Gasteiger partial charge in [0.2, 0.25) is 11.9 Å². The third-order valence-electron chi connectivity index (χ3n) is 4.70. The number of amides is 1. The Kier molecular flexibility index (Phi) is 5.08. The molecule has 1 amide bonds. The molecule has 0 saturated carbocycles. The van der Waals surface area contributed by atoms with Gasteiger partial charge in [0.1, 0.15) is 0 Å². The molecule has 1 unspecified atom stereocenters. The summed E-state index contributed by atoms with van der Waals surface area (Å²) in [4.78, 5) is 15.2. The molecule has 0 fully saturated rings. The molecule has 0 saturated heterocycles. The largest absolute Gasteiger partial charge is 0.369 e. The van der Waals surface area contributed by atoms with E-state index in [1.165, 1.54) is 12.1 Å². The van der Waals surface area contributed by atoms with Crippen molar-refractivity contribution >= 4 is 56.8 Å². The summed E-state index contributed by atoms with van der Waals surface area (Å²) in [7, 11) is -4.59. The Morgan fingerprint density at radius 2 is 1.73 bits per heavy atom. The van der Waals surface area contributed by atoms with E-state index in [-0.39, 0.29) is 21.2 Å². The Bertz CT molecular complexity index is 1940. The van der Waals surface area contributed by atoms with Crippen molar-refractivity contribution in [2.24, 2.45) is 20.2 Å². The molecular weight excluding hydrogens is 535 g/mol. The summed E-state index contributed by atoms with van der Waals surface area (Å²) >= 11 is 11.9. The van der Waals surface area contributed by atoms with Crippen LogP contribution in [0.5, 0.6) is 0 Å². The van der Waals surface area contributed by atoms with E-state index in [1.54, 1.807) is 0 Å². The van der Waals surface area contributed by atoms with Crippen molar-refractivity contribution in [2.45, 2.75) is 17.7 Å². The predicted octanol–water partition coefficient (Wildman–Crippen LogP) is 3.99. The van der Waals surface area contributed by atoms with E-state index in [1.807, 2.05) is 0 Å². The fourth-order valence-electron chi connectivity index (χ4n) is 3.15. The van der Waals surface area contributed by atoms with Crippen LogP contribution in [0.1, 0.15) is 36.3 Å². The van der Waals surface area contributed by atoms with E-state index in [9.17, 15) is 13.2 Å². The van der Waals surface area contributed by atoms with Gasteiger partial charge in [-0.15, -0.1) is 4.40 Å². The fraction of sp³-hybridized carbons (Fsp3) is 0.120. The SMILES string of the molecule is [2H]c1c([2H])c([2H])c(C2CN(C(N=C(N)NC(C)=O)=NS(=O)(=O)c3ccc(Cl)cc3)N=C2c2c([2H])c([2H])c(Cl)c([2H])c2[2H])c([2H])c1[2H]. The van der Waals surface area contributed by atoms with E-state index < -0.39 is 105 Å². The molecule has 3 aromatic rings. The predicted molar refractivity (Wildman–Crippen MR) is 145 cm³/mol. The van der Waals surface area contributed by atoms with Crippen molar-refractivity contribution in [1.82, 2.24) is 10.3 Å². The maximum Gasteiger partial charge on any atom is 0.285 e. The standard InChI is InChI=1S/C25H22Cl2N6O3S/c1-16(34)29-24(28)30-25(32-37(35,36)21-13-11-20(27)12-14-21)33-15-22(17-5-3-2-4-6-17)23(31-33)18-7-9-19(26)10-8-18/h2-14,22H,15H2,1H3,(H3,28,29,30,32,34)/i2D,3D,4D,5D,6D,7D,8D,9D,10D. The van der Waals surface area contributed by atoms with Gasteiger partial charge in [-0.1, -0.05) is 65.5 Å². The topological polar surface area (TPSA) is 130 Å². The number of nitrogens with one attached hydrogen (secondary N) is 1. The van der Waals surface area contributed by atoms with Gasteiger partial charge < -0.3 is 5.73 Å². The van der Waals surface area contributed by atoms with Crippen LogP contribution >= 0.6 is 23.2 Å². The molecule has 12 heteroatoms. The first kappa shape index (κ1) is 16.9. The molecule has 4 rings (SSSR count). The summed E-state index contributed by atoms with van der Waals surface area (Å²) in [5, 5.41) is 7.02. The lowest BCUT2D eigenvalue weighted by molar-refractivity contribution is -0.117. The number of carbonyl (C=O) groups is 1. The number of rotatable bonds is 4. The molecule has 0 aliphatic carbocycles. The van der Waals surface area contributed by atoms with Crippen molar-refractivity contribution in [1.29, 1.82) is 0 Å². The molecule has 0 spiro atoms. The fourth-order valence-corrected chi connectivity index (χ4v) is 4.30. The minimum absolute atomic E-state index is 0.231. The minimum Gasteiger partial charge on any atom is -0.369 e. The summed E-state index contributed by atoms with van der Waals surface area (Å²) in [6.45, 7) is 0.560. The van der Waals surface area contributed by atoms with Crippen molar-refractivity contribution in [3.05, 3.63) is 99.8 Å². The average Bonchev–Trinajstić information content (AvgIpc) is 3.41. The van der Waals surface area contributed by atoms with E-state index in [0.717, 1.165) is 24.1 Å². The highest BCUT2D eigenvalue weighted by Gasteiger charge is 2.32. The number of carbonyl (C=O) groups excluding carboxylic acids is 1. The molecule has 0 aromatic heterocycles. The Morgan fingerprint density at radius 1 is 1.08 bits per heavy atom. The van der Waals surface area contributed by atoms with Crippen LogP contribution in [-0.4, -0.2) is 43.5 Å². The van der Waals surface area contributed by atoms with E-state index in [4.69, 9.17) is 41.3 Å². The number of halogens is 2. The number of guanidine groups is 2.